The number of nitrogens with one attached hydrogen (secondary N) is 2. The standard InChI is InChI=1S/C20H28N4OS.HI/c1-20(11-6-12-25-20)15-23-19(21-2)22-13-17-14-26-18(24-17)10-9-16-7-4-3-5-8-16;/h3-5,7-8,14H,6,9-13,15H2,1-2H3,(H2,21,22,23);1H. The molecule has 1 atom stereocenters. The van der Waals surface area contributed by atoms with Crippen LogP contribution in [0.3, 0.4) is 0 Å². The predicted octanol–water partition coefficient (Wildman–Crippen LogP) is 3.78. The molecule has 0 amide bonds. The highest BCUT2D eigenvalue weighted by Gasteiger charge is 2.29. The molecule has 1 fully saturated rings. The van der Waals surface area contributed by atoms with Crippen LogP contribution in [-0.2, 0) is 24.1 Å². The SMILES string of the molecule is CN=C(NCc1csc(CCc2ccccc2)n1)NCC1(C)CCCO1.I. The molecule has 1 aliphatic heterocycles. The van der Waals surface area contributed by atoms with Crippen molar-refractivity contribution in [3.63, 3.8) is 0 Å². The number of benzene rings is 1. The molecule has 27 heavy (non-hydrogen) atoms. The Hall–Kier alpha value is -1.19. The summed E-state index contributed by atoms with van der Waals surface area (Å²) in [5, 5.41) is 10.0. The van der Waals surface area contributed by atoms with Crippen LogP contribution in [0.4, 0.5) is 0 Å². The first-order valence-corrected chi connectivity index (χ1v) is 10.1. The quantitative estimate of drug-likeness (QED) is 0.345. The molecule has 5 nitrogen and oxygen atoms in total. The lowest BCUT2D eigenvalue weighted by Gasteiger charge is -2.24. The van der Waals surface area contributed by atoms with Crippen LogP contribution in [0.25, 0.3) is 0 Å². The molecule has 1 aromatic carbocycles. The molecule has 0 radical (unpaired) electrons. The maximum Gasteiger partial charge on any atom is 0.191 e. The summed E-state index contributed by atoms with van der Waals surface area (Å²) in [6, 6.07) is 10.6. The Bertz CT molecular complexity index is 714. The molecular formula is C20H29IN4OS. The van der Waals surface area contributed by atoms with Crippen molar-refractivity contribution >= 4 is 41.3 Å². The maximum absolute atomic E-state index is 5.81. The van der Waals surface area contributed by atoms with Gasteiger partial charge in [0.2, 0.25) is 0 Å². The molecule has 0 bridgehead atoms. The van der Waals surface area contributed by atoms with E-state index < -0.39 is 0 Å². The Morgan fingerprint density at radius 2 is 2.07 bits per heavy atom. The number of aromatic nitrogens is 1. The van der Waals surface area contributed by atoms with E-state index >= 15 is 0 Å². The molecule has 0 spiro atoms. The van der Waals surface area contributed by atoms with Crippen molar-refractivity contribution in [2.45, 2.75) is 44.8 Å². The molecule has 1 unspecified atom stereocenters. The summed E-state index contributed by atoms with van der Waals surface area (Å²) in [6.07, 6.45) is 4.24. The minimum absolute atomic E-state index is 0. The molecule has 7 heteroatoms. The van der Waals surface area contributed by atoms with Crippen LogP contribution in [0.2, 0.25) is 0 Å². The van der Waals surface area contributed by atoms with Gasteiger partial charge < -0.3 is 15.4 Å². The number of aliphatic imine (C=N–C) groups is 1. The van der Waals surface area contributed by atoms with E-state index in [1.807, 2.05) is 0 Å². The van der Waals surface area contributed by atoms with Crippen LogP contribution in [0.5, 0.6) is 0 Å². The van der Waals surface area contributed by atoms with Gasteiger partial charge in [-0.15, -0.1) is 35.3 Å². The Morgan fingerprint density at radius 1 is 1.26 bits per heavy atom. The van der Waals surface area contributed by atoms with Crippen LogP contribution in [-0.4, -0.2) is 36.7 Å². The number of aryl methyl sites for hydroxylation is 2. The van der Waals surface area contributed by atoms with Crippen molar-refractivity contribution < 1.29 is 4.74 Å². The number of hydrogen-bond acceptors (Lipinski definition) is 4. The van der Waals surface area contributed by atoms with E-state index in [0.29, 0.717) is 6.54 Å². The van der Waals surface area contributed by atoms with Gasteiger partial charge in [-0.1, -0.05) is 30.3 Å². The zero-order chi connectivity index (χ0) is 18.2. The Kier molecular flexibility index (Phi) is 8.98. The van der Waals surface area contributed by atoms with Crippen molar-refractivity contribution in [1.82, 2.24) is 15.6 Å². The van der Waals surface area contributed by atoms with Gasteiger partial charge in [0, 0.05) is 32.0 Å². The molecule has 3 rings (SSSR count). The molecule has 0 saturated carbocycles. The first kappa shape index (κ1) is 22.1. The van der Waals surface area contributed by atoms with E-state index in [2.05, 4.69) is 58.3 Å². The second-order valence-electron chi connectivity index (χ2n) is 6.90. The number of halogens is 1. The van der Waals surface area contributed by atoms with Crippen LogP contribution in [0.1, 0.15) is 36.0 Å². The monoisotopic (exact) mass is 500 g/mol. The number of nitrogens with zero attached hydrogens (tertiary/aromatic N) is 2. The molecule has 1 aromatic heterocycles. The topological polar surface area (TPSA) is 58.5 Å². The third-order valence-corrected chi connectivity index (χ3v) is 5.62. The second-order valence-corrected chi connectivity index (χ2v) is 7.84. The van der Waals surface area contributed by atoms with Crippen molar-refractivity contribution in [2.75, 3.05) is 20.2 Å². The first-order valence-electron chi connectivity index (χ1n) is 9.22. The van der Waals surface area contributed by atoms with Gasteiger partial charge in [-0.05, 0) is 31.7 Å². The molecule has 2 heterocycles. The number of thiazole rings is 1. The third-order valence-electron chi connectivity index (χ3n) is 4.66. The molecule has 0 aliphatic carbocycles. The molecular weight excluding hydrogens is 471 g/mol. The summed E-state index contributed by atoms with van der Waals surface area (Å²) < 4.78 is 5.81. The van der Waals surface area contributed by atoms with Gasteiger partial charge in [0.25, 0.3) is 0 Å². The molecule has 2 N–H and O–H groups in total. The number of rotatable bonds is 7. The fraction of sp³-hybridized carbons (Fsp3) is 0.500. The fourth-order valence-corrected chi connectivity index (χ4v) is 3.88. The Labute approximate surface area is 183 Å². The van der Waals surface area contributed by atoms with Gasteiger partial charge in [-0.3, -0.25) is 4.99 Å². The lowest BCUT2D eigenvalue weighted by Crippen LogP contribution is -2.45. The zero-order valence-electron chi connectivity index (χ0n) is 16.0. The summed E-state index contributed by atoms with van der Waals surface area (Å²) in [4.78, 5) is 9.02. The van der Waals surface area contributed by atoms with E-state index in [-0.39, 0.29) is 29.6 Å². The van der Waals surface area contributed by atoms with Gasteiger partial charge in [0.1, 0.15) is 0 Å². The van der Waals surface area contributed by atoms with Crippen molar-refractivity contribution in [2.24, 2.45) is 4.99 Å². The van der Waals surface area contributed by atoms with Gasteiger partial charge in [-0.2, -0.15) is 0 Å². The highest BCUT2D eigenvalue weighted by atomic mass is 127. The smallest absolute Gasteiger partial charge is 0.191 e. The van der Waals surface area contributed by atoms with E-state index in [1.165, 1.54) is 10.6 Å². The van der Waals surface area contributed by atoms with Gasteiger partial charge in [0.05, 0.1) is 22.8 Å². The van der Waals surface area contributed by atoms with Crippen LogP contribution in [0.15, 0.2) is 40.7 Å². The fourth-order valence-electron chi connectivity index (χ4n) is 3.08. The minimum Gasteiger partial charge on any atom is -0.373 e. The van der Waals surface area contributed by atoms with Gasteiger partial charge in [-0.25, -0.2) is 4.98 Å². The van der Waals surface area contributed by atoms with Crippen molar-refractivity contribution in [3.8, 4) is 0 Å². The number of guanidine groups is 1. The van der Waals surface area contributed by atoms with E-state index in [0.717, 1.165) is 50.5 Å². The van der Waals surface area contributed by atoms with Crippen LogP contribution >= 0.6 is 35.3 Å². The zero-order valence-corrected chi connectivity index (χ0v) is 19.2. The largest absolute Gasteiger partial charge is 0.373 e. The summed E-state index contributed by atoms with van der Waals surface area (Å²) >= 11 is 1.73. The van der Waals surface area contributed by atoms with E-state index in [4.69, 9.17) is 9.72 Å². The highest BCUT2D eigenvalue weighted by molar-refractivity contribution is 14.0. The number of hydrogen-bond donors (Lipinski definition) is 2. The van der Waals surface area contributed by atoms with Gasteiger partial charge >= 0.3 is 0 Å². The van der Waals surface area contributed by atoms with Crippen molar-refractivity contribution in [1.29, 1.82) is 0 Å². The highest BCUT2D eigenvalue weighted by Crippen LogP contribution is 2.23. The first-order chi connectivity index (χ1) is 12.7. The maximum atomic E-state index is 5.81. The van der Waals surface area contributed by atoms with Crippen LogP contribution in [0, 0.1) is 0 Å². The average Bonchev–Trinajstić information content (AvgIpc) is 3.30. The average molecular weight is 500 g/mol. The molecule has 2 aromatic rings. The summed E-state index contributed by atoms with van der Waals surface area (Å²) in [5.74, 6) is 0.792. The van der Waals surface area contributed by atoms with Gasteiger partial charge in [0.15, 0.2) is 5.96 Å². The molecule has 1 saturated heterocycles. The van der Waals surface area contributed by atoms with E-state index in [1.54, 1.807) is 18.4 Å². The lowest BCUT2D eigenvalue weighted by atomic mass is 10.0. The third kappa shape index (κ3) is 7.04. The Morgan fingerprint density at radius 3 is 2.78 bits per heavy atom. The minimum atomic E-state index is -0.0805. The predicted molar refractivity (Wildman–Crippen MR) is 123 cm³/mol. The lowest BCUT2D eigenvalue weighted by molar-refractivity contribution is 0.0243. The summed E-state index contributed by atoms with van der Waals surface area (Å²) in [5.41, 5.74) is 2.34. The number of ether oxygens (including phenoxy) is 1. The molecule has 1 aliphatic rings. The molecule has 148 valence electrons. The second kappa shape index (κ2) is 11.0. The Balaban J connectivity index is 0.00000261. The van der Waals surface area contributed by atoms with Crippen LogP contribution < -0.4 is 10.6 Å². The summed E-state index contributed by atoms with van der Waals surface area (Å²) in [7, 11) is 1.79. The summed E-state index contributed by atoms with van der Waals surface area (Å²) in [6.45, 7) is 4.46. The normalized spacial score (nSPS) is 19.6. The van der Waals surface area contributed by atoms with Crippen molar-refractivity contribution in [3.05, 3.63) is 52.0 Å². The van der Waals surface area contributed by atoms with E-state index in [9.17, 15) is 0 Å².